The van der Waals surface area contributed by atoms with Gasteiger partial charge in [0.05, 0.1) is 0 Å². The van der Waals surface area contributed by atoms with Crippen LogP contribution in [0.4, 0.5) is 22.8 Å². The number of nitrogens with zero attached hydrogens (tertiary/aromatic N) is 2. The molecule has 2 atom stereocenters. The Bertz CT molecular complexity index is 1030. The third-order valence-electron chi connectivity index (χ3n) is 6.57. The quantitative estimate of drug-likeness (QED) is 0.600. The number of carbonyl (C=O) groups excluding carboxylic acids is 2. The van der Waals surface area contributed by atoms with Crippen LogP contribution < -0.4 is 5.32 Å². The summed E-state index contributed by atoms with van der Waals surface area (Å²) in [5, 5.41) is 2.74. The molecule has 2 aliphatic heterocycles. The average molecular weight is 476 g/mol. The van der Waals surface area contributed by atoms with E-state index < -0.39 is 35.9 Å². The van der Waals surface area contributed by atoms with E-state index in [9.17, 15) is 22.8 Å². The summed E-state index contributed by atoms with van der Waals surface area (Å²) in [5.41, 5.74) is 1.45. The number of rotatable bonds is 6. The first kappa shape index (κ1) is 24.1. The van der Waals surface area contributed by atoms with E-state index in [0.717, 1.165) is 55.1 Å². The summed E-state index contributed by atoms with van der Waals surface area (Å²) >= 11 is 0. The van der Waals surface area contributed by atoms with E-state index in [2.05, 4.69) is 10.2 Å². The third kappa shape index (κ3) is 5.35. The van der Waals surface area contributed by atoms with E-state index in [1.54, 1.807) is 6.92 Å². The highest BCUT2D eigenvalue weighted by Gasteiger charge is 2.44. The summed E-state index contributed by atoms with van der Waals surface area (Å²) in [4.78, 5) is 28.2. The van der Waals surface area contributed by atoms with Crippen molar-refractivity contribution in [2.24, 2.45) is 0 Å². The zero-order valence-electron chi connectivity index (χ0n) is 19.0. The smallest absolute Gasteiger partial charge is 0.419 e. The number of likely N-dealkylation sites (tertiary alicyclic amines) is 1. The number of amides is 3. The molecule has 2 heterocycles. The first-order valence-electron chi connectivity index (χ1n) is 11.5. The lowest BCUT2D eigenvalue weighted by molar-refractivity contribution is 0.138. The zero-order chi connectivity index (χ0) is 24.2. The molecule has 4 rings (SSSR count). The Labute approximate surface area is 196 Å². The van der Waals surface area contributed by atoms with E-state index in [-0.39, 0.29) is 11.4 Å². The van der Waals surface area contributed by atoms with Gasteiger partial charge in [0.1, 0.15) is 18.0 Å². The van der Waals surface area contributed by atoms with E-state index >= 15 is 0 Å². The van der Waals surface area contributed by atoms with Gasteiger partial charge in [-0.25, -0.2) is 27.7 Å². The fourth-order valence-corrected chi connectivity index (χ4v) is 4.74. The second-order valence-corrected chi connectivity index (χ2v) is 8.83. The second-order valence-electron chi connectivity index (χ2n) is 8.83. The molecule has 2 fully saturated rings. The molecule has 0 bridgehead atoms. The maximum Gasteiger partial charge on any atom is 0.419 e. The van der Waals surface area contributed by atoms with Crippen LogP contribution >= 0.6 is 0 Å². The molecule has 9 heteroatoms. The minimum atomic E-state index is -1.05. The van der Waals surface area contributed by atoms with Gasteiger partial charge >= 0.3 is 12.1 Å². The largest absolute Gasteiger partial charge is 0.443 e. The van der Waals surface area contributed by atoms with Crippen LogP contribution in [0.25, 0.3) is 0 Å². The van der Waals surface area contributed by atoms with Crippen molar-refractivity contribution < 1.29 is 27.5 Å². The number of halogens is 3. The average Bonchev–Trinajstić information content (AvgIpc) is 3.13. The van der Waals surface area contributed by atoms with Crippen molar-refractivity contribution in [1.82, 2.24) is 15.1 Å². The van der Waals surface area contributed by atoms with Crippen LogP contribution in [0.2, 0.25) is 0 Å². The molecule has 2 aromatic rings. The predicted molar refractivity (Wildman–Crippen MR) is 120 cm³/mol. The minimum Gasteiger partial charge on any atom is -0.443 e. The molecule has 0 aromatic heterocycles. The fraction of sp³-hybridized carbons (Fsp3) is 0.440. The summed E-state index contributed by atoms with van der Waals surface area (Å²) in [6.07, 6.45) is 1.17. The fourth-order valence-electron chi connectivity index (χ4n) is 4.74. The van der Waals surface area contributed by atoms with Crippen LogP contribution in [0.5, 0.6) is 0 Å². The highest BCUT2D eigenvalue weighted by atomic mass is 19.2. The first-order valence-corrected chi connectivity index (χ1v) is 11.5. The molecule has 182 valence electrons. The number of imide groups is 1. The SMILES string of the molecule is C[C@H]1OC(=O)N(C(=O)NCCCN2CCC(c3ccc(F)cc3)CC2)[C@@H]1c1ccc(F)c(F)c1. The number of piperidine rings is 1. The normalized spacial score (nSPS) is 21.5. The molecular formula is C25H28F3N3O3. The Kier molecular flexibility index (Phi) is 7.41. The highest BCUT2D eigenvalue weighted by molar-refractivity contribution is 5.93. The number of hydrogen-bond donors (Lipinski definition) is 1. The van der Waals surface area contributed by atoms with Gasteiger partial charge in [0.15, 0.2) is 11.6 Å². The van der Waals surface area contributed by atoms with Crippen molar-refractivity contribution in [2.75, 3.05) is 26.2 Å². The maximum absolute atomic E-state index is 13.7. The first-order chi connectivity index (χ1) is 16.3. The van der Waals surface area contributed by atoms with Crippen molar-refractivity contribution in [2.45, 2.75) is 44.2 Å². The molecule has 0 unspecified atom stereocenters. The lowest BCUT2D eigenvalue weighted by Crippen LogP contribution is -2.43. The second kappa shape index (κ2) is 10.5. The van der Waals surface area contributed by atoms with Gasteiger partial charge in [-0.05, 0) is 87.1 Å². The molecule has 3 amide bonds. The molecule has 1 N–H and O–H groups in total. The van der Waals surface area contributed by atoms with E-state index in [1.807, 2.05) is 12.1 Å². The molecule has 2 saturated heterocycles. The maximum atomic E-state index is 13.7. The number of hydrogen-bond acceptors (Lipinski definition) is 4. The molecule has 0 spiro atoms. The summed E-state index contributed by atoms with van der Waals surface area (Å²) in [7, 11) is 0. The lowest BCUT2D eigenvalue weighted by Gasteiger charge is -2.32. The Morgan fingerprint density at radius 2 is 1.71 bits per heavy atom. The van der Waals surface area contributed by atoms with Crippen molar-refractivity contribution in [3.63, 3.8) is 0 Å². The third-order valence-corrected chi connectivity index (χ3v) is 6.57. The number of nitrogens with one attached hydrogen (secondary N) is 1. The van der Waals surface area contributed by atoms with E-state index in [1.165, 1.54) is 18.2 Å². The van der Waals surface area contributed by atoms with Crippen molar-refractivity contribution >= 4 is 12.1 Å². The molecule has 2 aromatic carbocycles. The monoisotopic (exact) mass is 475 g/mol. The summed E-state index contributed by atoms with van der Waals surface area (Å²) in [6, 6.07) is 8.52. The Hall–Kier alpha value is -3.07. The van der Waals surface area contributed by atoms with Crippen molar-refractivity contribution in [3.05, 3.63) is 71.0 Å². The number of ether oxygens (including phenoxy) is 1. The summed E-state index contributed by atoms with van der Waals surface area (Å²) in [5.74, 6) is -1.85. The van der Waals surface area contributed by atoms with Crippen LogP contribution in [-0.4, -0.2) is 54.2 Å². The molecule has 2 aliphatic rings. The molecule has 0 radical (unpaired) electrons. The van der Waals surface area contributed by atoms with Gasteiger partial charge in [0, 0.05) is 6.54 Å². The number of cyclic esters (lactones) is 1. The Morgan fingerprint density at radius 3 is 2.38 bits per heavy atom. The van der Waals surface area contributed by atoms with Gasteiger partial charge in [-0.15, -0.1) is 0 Å². The van der Waals surface area contributed by atoms with Crippen molar-refractivity contribution in [1.29, 1.82) is 0 Å². The predicted octanol–water partition coefficient (Wildman–Crippen LogP) is 4.97. The molecule has 0 saturated carbocycles. The summed E-state index contributed by atoms with van der Waals surface area (Å²) < 4.78 is 45.3. The lowest BCUT2D eigenvalue weighted by atomic mass is 9.89. The summed E-state index contributed by atoms with van der Waals surface area (Å²) in [6.45, 7) is 4.60. The Balaban J connectivity index is 1.24. The van der Waals surface area contributed by atoms with E-state index in [4.69, 9.17) is 4.74 Å². The standard InChI is InChI=1S/C25H28F3N3O3/c1-16-23(19-5-8-21(27)22(28)15-19)31(25(33)34-16)24(32)29-11-2-12-30-13-9-18(10-14-30)17-3-6-20(26)7-4-17/h3-8,15-16,18,23H,2,9-14H2,1H3,(H,29,32)/t16-,23+/m1/s1. The van der Waals surface area contributed by atoms with Crippen LogP contribution in [0.3, 0.4) is 0 Å². The van der Waals surface area contributed by atoms with Crippen LogP contribution in [0, 0.1) is 17.5 Å². The number of carbonyl (C=O) groups is 2. The molecule has 34 heavy (non-hydrogen) atoms. The van der Waals surface area contributed by atoms with Crippen LogP contribution in [0.15, 0.2) is 42.5 Å². The zero-order valence-corrected chi connectivity index (χ0v) is 19.0. The minimum absolute atomic E-state index is 0.226. The van der Waals surface area contributed by atoms with Gasteiger partial charge in [0.2, 0.25) is 0 Å². The topological polar surface area (TPSA) is 61.9 Å². The highest BCUT2D eigenvalue weighted by Crippen LogP contribution is 2.34. The van der Waals surface area contributed by atoms with Crippen LogP contribution in [0.1, 0.15) is 49.3 Å². The van der Waals surface area contributed by atoms with Gasteiger partial charge < -0.3 is 15.0 Å². The molecule has 6 nitrogen and oxygen atoms in total. The molecular weight excluding hydrogens is 447 g/mol. The van der Waals surface area contributed by atoms with E-state index in [0.29, 0.717) is 18.9 Å². The van der Waals surface area contributed by atoms with Gasteiger partial charge in [-0.2, -0.15) is 0 Å². The van der Waals surface area contributed by atoms with Gasteiger partial charge in [-0.3, -0.25) is 0 Å². The Morgan fingerprint density at radius 1 is 1.03 bits per heavy atom. The van der Waals surface area contributed by atoms with Crippen molar-refractivity contribution in [3.8, 4) is 0 Å². The number of benzene rings is 2. The van der Waals surface area contributed by atoms with Gasteiger partial charge in [0.25, 0.3) is 0 Å². The number of urea groups is 1. The molecule has 0 aliphatic carbocycles. The van der Waals surface area contributed by atoms with Crippen LogP contribution in [-0.2, 0) is 4.74 Å². The van der Waals surface area contributed by atoms with Gasteiger partial charge in [-0.1, -0.05) is 18.2 Å².